The van der Waals surface area contributed by atoms with Crippen LogP contribution in [0.2, 0.25) is 5.02 Å². The van der Waals surface area contributed by atoms with E-state index in [9.17, 15) is 9.90 Å². The molecule has 1 saturated heterocycles. The lowest BCUT2D eigenvalue weighted by Crippen LogP contribution is -2.54. The van der Waals surface area contributed by atoms with Gasteiger partial charge in [0.15, 0.2) is 0 Å². The van der Waals surface area contributed by atoms with Gasteiger partial charge in [-0.05, 0) is 48.4 Å². The predicted octanol–water partition coefficient (Wildman–Crippen LogP) is 4.71. The molecule has 2 heterocycles. The Morgan fingerprint density at radius 1 is 1.26 bits per heavy atom. The van der Waals surface area contributed by atoms with Crippen molar-refractivity contribution in [3.8, 4) is 0 Å². The number of ether oxygens (including phenoxy) is 1. The Hall–Kier alpha value is -1.62. The SMILES string of the molecule is CC1CCC=C2CC3OC(=O)C(CN4CC=C(c5ccc(Cl)cc5)CC4)C3C(O)C21C. The minimum absolute atomic E-state index is 0.114. The highest BCUT2D eigenvalue weighted by molar-refractivity contribution is 6.30. The lowest BCUT2D eigenvalue weighted by molar-refractivity contribution is -0.145. The maximum absolute atomic E-state index is 12.9. The number of nitrogens with zero attached hydrogens (tertiary/aromatic N) is 1. The summed E-state index contributed by atoms with van der Waals surface area (Å²) >= 11 is 6.02. The lowest BCUT2D eigenvalue weighted by Gasteiger charge is -2.52. The van der Waals surface area contributed by atoms with E-state index in [2.05, 4.69) is 43.0 Å². The van der Waals surface area contributed by atoms with E-state index in [1.807, 2.05) is 12.1 Å². The van der Waals surface area contributed by atoms with Gasteiger partial charge in [-0.2, -0.15) is 0 Å². The standard InChI is InChI=1S/C26H32ClNO3/c1-16-4-3-5-19-14-22-23(24(29)26(16,19)2)21(25(30)31-22)15-28-12-10-18(11-13-28)17-6-8-20(27)9-7-17/h5-10,16,21-24,29H,3-4,11-15H2,1-2H3. The monoisotopic (exact) mass is 441 g/mol. The van der Waals surface area contributed by atoms with Gasteiger partial charge in [0, 0.05) is 42.4 Å². The van der Waals surface area contributed by atoms with E-state index in [4.69, 9.17) is 16.3 Å². The van der Waals surface area contributed by atoms with Crippen molar-refractivity contribution in [3.05, 3.63) is 52.6 Å². The number of esters is 1. The number of fused-ring (bicyclic) bond motifs is 2. The smallest absolute Gasteiger partial charge is 0.311 e. The number of rotatable bonds is 3. The number of allylic oxidation sites excluding steroid dienone is 1. The molecule has 5 rings (SSSR count). The van der Waals surface area contributed by atoms with Crippen LogP contribution in [0, 0.1) is 23.2 Å². The molecule has 0 spiro atoms. The molecule has 1 aromatic rings. The first-order chi connectivity index (χ1) is 14.9. The third-order valence-corrected chi connectivity index (χ3v) is 8.79. The molecule has 166 valence electrons. The summed E-state index contributed by atoms with van der Waals surface area (Å²) in [6, 6.07) is 7.99. The first-order valence-electron chi connectivity index (χ1n) is 11.6. The molecule has 5 heteroatoms. The topological polar surface area (TPSA) is 49.8 Å². The number of hydrogen-bond donors (Lipinski definition) is 1. The van der Waals surface area contributed by atoms with E-state index in [1.165, 1.54) is 16.7 Å². The Labute approximate surface area is 189 Å². The Balaban J connectivity index is 1.31. The van der Waals surface area contributed by atoms with Crippen molar-refractivity contribution in [2.24, 2.45) is 23.2 Å². The van der Waals surface area contributed by atoms with Crippen LogP contribution in [-0.4, -0.2) is 47.8 Å². The average molecular weight is 442 g/mol. The van der Waals surface area contributed by atoms with Crippen LogP contribution >= 0.6 is 11.6 Å². The summed E-state index contributed by atoms with van der Waals surface area (Å²) in [5.41, 5.74) is 3.60. The quantitative estimate of drug-likeness (QED) is 0.545. The van der Waals surface area contributed by atoms with Gasteiger partial charge < -0.3 is 9.84 Å². The molecule has 6 unspecified atom stereocenters. The van der Waals surface area contributed by atoms with Gasteiger partial charge in [0.25, 0.3) is 0 Å². The van der Waals surface area contributed by atoms with Crippen LogP contribution in [-0.2, 0) is 9.53 Å². The van der Waals surface area contributed by atoms with Crippen LogP contribution in [0.15, 0.2) is 42.0 Å². The maximum atomic E-state index is 12.9. The molecule has 0 radical (unpaired) electrons. The van der Waals surface area contributed by atoms with Crippen LogP contribution in [0.5, 0.6) is 0 Å². The van der Waals surface area contributed by atoms with Crippen molar-refractivity contribution in [1.82, 2.24) is 4.90 Å². The summed E-state index contributed by atoms with van der Waals surface area (Å²) in [5, 5.41) is 12.3. The minimum Gasteiger partial charge on any atom is -0.461 e. The summed E-state index contributed by atoms with van der Waals surface area (Å²) in [6.07, 6.45) is 7.72. The fourth-order valence-electron chi connectivity index (χ4n) is 6.36. The summed E-state index contributed by atoms with van der Waals surface area (Å²) in [6.45, 7) is 6.83. The van der Waals surface area contributed by atoms with Crippen LogP contribution in [0.3, 0.4) is 0 Å². The fourth-order valence-corrected chi connectivity index (χ4v) is 6.48. The van der Waals surface area contributed by atoms with Gasteiger partial charge in [0.1, 0.15) is 6.10 Å². The molecular formula is C26H32ClNO3. The third-order valence-electron chi connectivity index (χ3n) is 8.53. The van der Waals surface area contributed by atoms with E-state index in [0.29, 0.717) is 12.5 Å². The Kier molecular flexibility index (Phi) is 5.52. The molecule has 1 saturated carbocycles. The molecule has 2 fully saturated rings. The van der Waals surface area contributed by atoms with Crippen molar-refractivity contribution < 1.29 is 14.6 Å². The second kappa shape index (κ2) is 8.06. The first-order valence-corrected chi connectivity index (χ1v) is 12.0. The largest absolute Gasteiger partial charge is 0.461 e. The van der Waals surface area contributed by atoms with Gasteiger partial charge in [-0.15, -0.1) is 0 Å². The molecule has 4 aliphatic rings. The fraction of sp³-hybridized carbons (Fsp3) is 0.577. The highest BCUT2D eigenvalue weighted by Crippen LogP contribution is 2.56. The highest BCUT2D eigenvalue weighted by atomic mass is 35.5. The van der Waals surface area contributed by atoms with Gasteiger partial charge in [-0.1, -0.05) is 55.3 Å². The average Bonchev–Trinajstić information content (AvgIpc) is 3.07. The normalized spacial score (nSPS) is 38.1. The molecule has 0 bridgehead atoms. The molecule has 4 nitrogen and oxygen atoms in total. The number of hydrogen-bond acceptors (Lipinski definition) is 4. The van der Waals surface area contributed by atoms with Crippen molar-refractivity contribution in [3.63, 3.8) is 0 Å². The summed E-state index contributed by atoms with van der Waals surface area (Å²) in [7, 11) is 0. The lowest BCUT2D eigenvalue weighted by atomic mass is 9.55. The molecule has 2 aliphatic heterocycles. The van der Waals surface area contributed by atoms with Gasteiger partial charge in [0.2, 0.25) is 0 Å². The highest BCUT2D eigenvalue weighted by Gasteiger charge is 2.59. The number of carbonyl (C=O) groups is 1. The van der Waals surface area contributed by atoms with Crippen LogP contribution < -0.4 is 0 Å². The summed E-state index contributed by atoms with van der Waals surface area (Å²) in [4.78, 5) is 15.2. The molecule has 1 aromatic carbocycles. The van der Waals surface area contributed by atoms with Gasteiger partial charge in [-0.25, -0.2) is 0 Å². The molecule has 31 heavy (non-hydrogen) atoms. The maximum Gasteiger partial charge on any atom is 0.311 e. The Bertz CT molecular complexity index is 923. The number of halogens is 1. The van der Waals surface area contributed by atoms with E-state index in [0.717, 1.165) is 43.8 Å². The van der Waals surface area contributed by atoms with Crippen molar-refractivity contribution in [2.45, 2.75) is 51.7 Å². The number of aliphatic hydroxyl groups is 1. The van der Waals surface area contributed by atoms with Gasteiger partial charge >= 0.3 is 5.97 Å². The Morgan fingerprint density at radius 2 is 2.03 bits per heavy atom. The third kappa shape index (κ3) is 3.57. The second-order valence-corrected chi connectivity index (χ2v) is 10.5. The molecule has 2 aliphatic carbocycles. The van der Waals surface area contributed by atoms with Gasteiger partial charge in [-0.3, -0.25) is 9.69 Å². The van der Waals surface area contributed by atoms with Crippen molar-refractivity contribution in [2.75, 3.05) is 19.6 Å². The number of aliphatic hydroxyl groups excluding tert-OH is 1. The zero-order valence-corrected chi connectivity index (χ0v) is 19.1. The molecule has 6 atom stereocenters. The predicted molar refractivity (Wildman–Crippen MR) is 123 cm³/mol. The molecular weight excluding hydrogens is 410 g/mol. The van der Waals surface area contributed by atoms with E-state index < -0.39 is 6.10 Å². The van der Waals surface area contributed by atoms with Crippen LogP contribution in [0.1, 0.15) is 45.1 Å². The van der Waals surface area contributed by atoms with Crippen LogP contribution in [0.4, 0.5) is 0 Å². The molecule has 0 amide bonds. The van der Waals surface area contributed by atoms with Crippen molar-refractivity contribution >= 4 is 23.1 Å². The van der Waals surface area contributed by atoms with E-state index in [1.54, 1.807) is 0 Å². The summed E-state index contributed by atoms with van der Waals surface area (Å²) in [5.74, 6) is -0.0773. The molecule has 1 N–H and O–H groups in total. The minimum atomic E-state index is -0.533. The van der Waals surface area contributed by atoms with E-state index in [-0.39, 0.29) is 29.3 Å². The first kappa shape index (κ1) is 21.2. The van der Waals surface area contributed by atoms with Gasteiger partial charge in [0.05, 0.1) is 12.0 Å². The second-order valence-electron chi connectivity index (χ2n) is 10.0. The zero-order chi connectivity index (χ0) is 21.8. The van der Waals surface area contributed by atoms with Crippen molar-refractivity contribution in [1.29, 1.82) is 0 Å². The summed E-state index contributed by atoms with van der Waals surface area (Å²) < 4.78 is 5.83. The number of carbonyl (C=O) groups excluding carboxylic acids is 1. The van der Waals surface area contributed by atoms with Crippen LogP contribution in [0.25, 0.3) is 5.57 Å². The Morgan fingerprint density at radius 3 is 2.74 bits per heavy atom. The zero-order valence-electron chi connectivity index (χ0n) is 18.4. The number of benzene rings is 1. The van der Waals surface area contributed by atoms with E-state index >= 15 is 0 Å². The molecule has 0 aromatic heterocycles.